The quantitative estimate of drug-likeness (QED) is 0.597. The molecule has 3 unspecified atom stereocenters. The van der Waals surface area contributed by atoms with Gasteiger partial charge in [0.2, 0.25) is 0 Å². The lowest BCUT2D eigenvalue weighted by molar-refractivity contribution is -0.0717. The van der Waals surface area contributed by atoms with Gasteiger partial charge in [0.15, 0.2) is 0 Å². The first-order chi connectivity index (χ1) is 5.24. The standard InChI is InChI=1S/C10H20O/c1-4-5-10-7-6-8(2)9(3)11-10/h8-10H,4-7H2,1-3H3. The smallest absolute Gasteiger partial charge is 0.0579 e. The van der Waals surface area contributed by atoms with E-state index < -0.39 is 0 Å². The largest absolute Gasteiger partial charge is 0.375 e. The lowest BCUT2D eigenvalue weighted by Crippen LogP contribution is -2.31. The fraction of sp³-hybridized carbons (Fsp3) is 1.00. The molecule has 0 amide bonds. The second kappa shape index (κ2) is 4.10. The minimum absolute atomic E-state index is 0.486. The van der Waals surface area contributed by atoms with Crippen LogP contribution in [-0.2, 0) is 4.74 Å². The first-order valence-electron chi connectivity index (χ1n) is 4.89. The Hall–Kier alpha value is -0.0400. The van der Waals surface area contributed by atoms with Crippen molar-refractivity contribution in [3.8, 4) is 0 Å². The van der Waals surface area contributed by atoms with Gasteiger partial charge in [-0.05, 0) is 32.1 Å². The summed E-state index contributed by atoms with van der Waals surface area (Å²) in [6.45, 7) is 6.71. The van der Waals surface area contributed by atoms with Crippen LogP contribution in [0.4, 0.5) is 0 Å². The minimum atomic E-state index is 0.486. The Morgan fingerprint density at radius 2 is 2.00 bits per heavy atom. The van der Waals surface area contributed by atoms with Crippen molar-refractivity contribution in [3.05, 3.63) is 0 Å². The lowest BCUT2D eigenvalue weighted by atomic mass is 9.93. The SMILES string of the molecule is CCCC1CCC(C)C(C)O1. The highest BCUT2D eigenvalue weighted by atomic mass is 16.5. The molecule has 0 aliphatic carbocycles. The normalized spacial score (nSPS) is 39.0. The summed E-state index contributed by atoms with van der Waals surface area (Å²) in [5.74, 6) is 0.767. The van der Waals surface area contributed by atoms with Crippen LogP contribution in [0.25, 0.3) is 0 Å². The minimum Gasteiger partial charge on any atom is -0.375 e. The molecule has 1 heteroatoms. The Morgan fingerprint density at radius 1 is 1.27 bits per heavy atom. The van der Waals surface area contributed by atoms with Crippen LogP contribution in [0.5, 0.6) is 0 Å². The third-order valence-corrected chi connectivity index (χ3v) is 2.76. The van der Waals surface area contributed by atoms with Crippen LogP contribution in [0.2, 0.25) is 0 Å². The highest BCUT2D eigenvalue weighted by molar-refractivity contribution is 4.72. The number of rotatable bonds is 2. The van der Waals surface area contributed by atoms with Crippen molar-refractivity contribution < 1.29 is 4.74 Å². The maximum atomic E-state index is 5.84. The molecule has 0 saturated carbocycles. The van der Waals surface area contributed by atoms with Gasteiger partial charge in [0.1, 0.15) is 0 Å². The molecule has 11 heavy (non-hydrogen) atoms. The predicted octanol–water partition coefficient (Wildman–Crippen LogP) is 2.99. The van der Waals surface area contributed by atoms with Crippen LogP contribution in [0, 0.1) is 5.92 Å². The first kappa shape index (κ1) is 9.05. The Kier molecular flexibility index (Phi) is 3.38. The topological polar surface area (TPSA) is 9.23 Å². The van der Waals surface area contributed by atoms with Gasteiger partial charge in [-0.2, -0.15) is 0 Å². The summed E-state index contributed by atoms with van der Waals surface area (Å²) < 4.78 is 5.84. The molecule has 3 atom stereocenters. The van der Waals surface area contributed by atoms with E-state index in [0.717, 1.165) is 5.92 Å². The Morgan fingerprint density at radius 3 is 2.55 bits per heavy atom. The summed E-state index contributed by atoms with van der Waals surface area (Å²) in [5, 5.41) is 0. The zero-order valence-corrected chi connectivity index (χ0v) is 7.97. The van der Waals surface area contributed by atoms with E-state index in [-0.39, 0.29) is 0 Å². The summed E-state index contributed by atoms with van der Waals surface area (Å²) in [4.78, 5) is 0. The third-order valence-electron chi connectivity index (χ3n) is 2.76. The van der Waals surface area contributed by atoms with Crippen molar-refractivity contribution >= 4 is 0 Å². The molecule has 1 rings (SSSR count). The fourth-order valence-electron chi connectivity index (χ4n) is 1.72. The number of hydrogen-bond acceptors (Lipinski definition) is 1. The van der Waals surface area contributed by atoms with Crippen molar-refractivity contribution in [1.82, 2.24) is 0 Å². The van der Waals surface area contributed by atoms with Gasteiger partial charge in [0.05, 0.1) is 12.2 Å². The molecule has 0 aromatic heterocycles. The van der Waals surface area contributed by atoms with E-state index >= 15 is 0 Å². The molecule has 1 fully saturated rings. The van der Waals surface area contributed by atoms with Crippen molar-refractivity contribution in [2.45, 2.75) is 58.7 Å². The van der Waals surface area contributed by atoms with Gasteiger partial charge in [0.25, 0.3) is 0 Å². The maximum Gasteiger partial charge on any atom is 0.0579 e. The second-order valence-corrected chi connectivity index (χ2v) is 3.81. The summed E-state index contributed by atoms with van der Waals surface area (Å²) in [6.07, 6.45) is 6.18. The van der Waals surface area contributed by atoms with Crippen molar-refractivity contribution in [1.29, 1.82) is 0 Å². The van der Waals surface area contributed by atoms with Crippen LogP contribution in [-0.4, -0.2) is 12.2 Å². The molecule has 1 heterocycles. The molecule has 0 N–H and O–H groups in total. The van der Waals surface area contributed by atoms with Crippen LogP contribution in [0.1, 0.15) is 46.5 Å². The maximum absolute atomic E-state index is 5.84. The molecule has 0 bridgehead atoms. The van der Waals surface area contributed by atoms with Gasteiger partial charge < -0.3 is 4.74 Å². The van der Waals surface area contributed by atoms with E-state index in [1.165, 1.54) is 25.7 Å². The van der Waals surface area contributed by atoms with Crippen LogP contribution < -0.4 is 0 Å². The van der Waals surface area contributed by atoms with Gasteiger partial charge in [-0.3, -0.25) is 0 Å². The highest BCUT2D eigenvalue weighted by Gasteiger charge is 2.23. The van der Waals surface area contributed by atoms with E-state index in [1.54, 1.807) is 0 Å². The Bertz CT molecular complexity index is 111. The van der Waals surface area contributed by atoms with Gasteiger partial charge >= 0.3 is 0 Å². The van der Waals surface area contributed by atoms with E-state index in [4.69, 9.17) is 4.74 Å². The van der Waals surface area contributed by atoms with Gasteiger partial charge in [-0.1, -0.05) is 20.3 Å². The predicted molar refractivity (Wildman–Crippen MR) is 47.6 cm³/mol. The van der Waals surface area contributed by atoms with Crippen molar-refractivity contribution in [2.75, 3.05) is 0 Å². The van der Waals surface area contributed by atoms with E-state index in [9.17, 15) is 0 Å². The molecule has 1 aliphatic heterocycles. The Balaban J connectivity index is 2.28. The fourth-order valence-corrected chi connectivity index (χ4v) is 1.72. The third kappa shape index (κ3) is 2.48. The average molecular weight is 156 g/mol. The monoisotopic (exact) mass is 156 g/mol. The van der Waals surface area contributed by atoms with Gasteiger partial charge in [-0.25, -0.2) is 0 Å². The van der Waals surface area contributed by atoms with Crippen molar-refractivity contribution in [3.63, 3.8) is 0 Å². The lowest BCUT2D eigenvalue weighted by Gasteiger charge is -2.32. The first-order valence-corrected chi connectivity index (χ1v) is 4.89. The summed E-state index contributed by atoms with van der Waals surface area (Å²) in [5.41, 5.74) is 0. The molecule has 0 spiro atoms. The zero-order chi connectivity index (χ0) is 8.27. The summed E-state index contributed by atoms with van der Waals surface area (Å²) in [7, 11) is 0. The zero-order valence-electron chi connectivity index (χ0n) is 7.97. The van der Waals surface area contributed by atoms with Gasteiger partial charge in [-0.15, -0.1) is 0 Å². The van der Waals surface area contributed by atoms with Crippen LogP contribution in [0.3, 0.4) is 0 Å². The van der Waals surface area contributed by atoms with Crippen LogP contribution >= 0.6 is 0 Å². The van der Waals surface area contributed by atoms with E-state index in [1.807, 2.05) is 0 Å². The molecule has 0 radical (unpaired) electrons. The average Bonchev–Trinajstić information content (AvgIpc) is 1.98. The molecule has 0 aromatic carbocycles. The van der Waals surface area contributed by atoms with E-state index in [2.05, 4.69) is 20.8 Å². The Labute approximate surface area is 70.1 Å². The molecular formula is C10H20O. The van der Waals surface area contributed by atoms with E-state index in [0.29, 0.717) is 12.2 Å². The molecular weight excluding hydrogens is 136 g/mol. The molecule has 1 aliphatic rings. The highest BCUT2D eigenvalue weighted by Crippen LogP contribution is 2.26. The molecule has 66 valence electrons. The number of hydrogen-bond donors (Lipinski definition) is 0. The molecule has 0 aromatic rings. The molecule has 1 saturated heterocycles. The van der Waals surface area contributed by atoms with Crippen LogP contribution in [0.15, 0.2) is 0 Å². The van der Waals surface area contributed by atoms with Gasteiger partial charge in [0, 0.05) is 0 Å². The summed E-state index contributed by atoms with van der Waals surface area (Å²) >= 11 is 0. The van der Waals surface area contributed by atoms with Crippen molar-refractivity contribution in [2.24, 2.45) is 5.92 Å². The second-order valence-electron chi connectivity index (χ2n) is 3.81. The molecule has 1 nitrogen and oxygen atoms in total. The number of ether oxygens (including phenoxy) is 1. The summed E-state index contributed by atoms with van der Waals surface area (Å²) in [6, 6.07) is 0.